The van der Waals surface area contributed by atoms with Crippen LogP contribution >= 0.6 is 0 Å². The Hall–Kier alpha value is -2.73. The van der Waals surface area contributed by atoms with E-state index >= 15 is 0 Å². The number of esters is 1. The van der Waals surface area contributed by atoms with Crippen LogP contribution in [0.1, 0.15) is 28.4 Å². The van der Waals surface area contributed by atoms with Crippen molar-refractivity contribution in [1.29, 1.82) is 0 Å². The number of hydrogen-bond donors (Lipinski definition) is 0. The zero-order chi connectivity index (χ0) is 19.2. The van der Waals surface area contributed by atoms with Crippen molar-refractivity contribution < 1.29 is 18.5 Å². The fourth-order valence-corrected chi connectivity index (χ4v) is 3.46. The molecule has 0 aliphatic heterocycles. The van der Waals surface area contributed by atoms with E-state index in [1.807, 2.05) is 13.0 Å². The lowest BCUT2D eigenvalue weighted by Crippen LogP contribution is -2.06. The van der Waals surface area contributed by atoms with E-state index in [0.29, 0.717) is 10.5 Å². The summed E-state index contributed by atoms with van der Waals surface area (Å²) in [5.74, 6) is -1.08. The van der Waals surface area contributed by atoms with Crippen LogP contribution in [0, 0.1) is 6.92 Å². The second kappa shape index (κ2) is 8.58. The molecule has 2 aromatic carbocycles. The Morgan fingerprint density at radius 3 is 2.50 bits per heavy atom. The number of carbonyl (C=O) groups is 2. The summed E-state index contributed by atoms with van der Waals surface area (Å²) in [5, 5.41) is 0. The van der Waals surface area contributed by atoms with Crippen LogP contribution in [0.3, 0.4) is 0 Å². The van der Waals surface area contributed by atoms with Crippen LogP contribution < -0.4 is 0 Å². The summed E-state index contributed by atoms with van der Waals surface area (Å²) in [6.07, 6.45) is 4.19. The molecular formula is C20H21NO4S. The van der Waals surface area contributed by atoms with Gasteiger partial charge < -0.3 is 4.74 Å². The predicted octanol–water partition coefficient (Wildman–Crippen LogP) is 3.87. The molecule has 0 spiro atoms. The average Bonchev–Trinajstić information content (AvgIpc) is 2.61. The second-order valence-corrected chi connectivity index (χ2v) is 7.95. The van der Waals surface area contributed by atoms with Gasteiger partial charge in [0.25, 0.3) is 5.91 Å². The summed E-state index contributed by atoms with van der Waals surface area (Å²) in [5.41, 5.74) is 1.66. The number of nitrogens with zero attached hydrogens (tertiary/aromatic N) is 1. The first-order chi connectivity index (χ1) is 12.3. The molecule has 0 aromatic heterocycles. The van der Waals surface area contributed by atoms with E-state index in [9.17, 15) is 13.8 Å². The van der Waals surface area contributed by atoms with Gasteiger partial charge in [-0.05, 0) is 43.7 Å². The van der Waals surface area contributed by atoms with Crippen LogP contribution in [0.5, 0.6) is 0 Å². The maximum Gasteiger partial charge on any atom is 0.330 e. The lowest BCUT2D eigenvalue weighted by Gasteiger charge is -2.07. The van der Waals surface area contributed by atoms with Gasteiger partial charge in [-0.25, -0.2) is 9.00 Å². The highest BCUT2D eigenvalue weighted by Gasteiger charge is 2.14. The van der Waals surface area contributed by atoms with Gasteiger partial charge in [0.15, 0.2) is 0 Å². The zero-order valence-electron chi connectivity index (χ0n) is 15.0. The Kier molecular flexibility index (Phi) is 6.46. The number of ether oxygens (including phenoxy) is 1. The highest BCUT2D eigenvalue weighted by atomic mass is 32.2. The Bertz CT molecular complexity index is 955. The molecule has 2 aromatic rings. The van der Waals surface area contributed by atoms with Crippen LogP contribution in [0.4, 0.5) is 0 Å². The molecule has 6 heteroatoms. The third-order valence-electron chi connectivity index (χ3n) is 3.56. The van der Waals surface area contributed by atoms with Gasteiger partial charge in [-0.1, -0.05) is 35.9 Å². The quantitative estimate of drug-likeness (QED) is 0.591. The van der Waals surface area contributed by atoms with Crippen molar-refractivity contribution in [2.24, 2.45) is 4.36 Å². The van der Waals surface area contributed by atoms with Gasteiger partial charge in [-0.2, -0.15) is 4.36 Å². The van der Waals surface area contributed by atoms with Crippen molar-refractivity contribution in [1.82, 2.24) is 0 Å². The molecule has 0 radical (unpaired) electrons. The maximum absolute atomic E-state index is 12.8. The van der Waals surface area contributed by atoms with E-state index in [1.165, 1.54) is 18.4 Å². The van der Waals surface area contributed by atoms with Crippen molar-refractivity contribution in [3.63, 3.8) is 0 Å². The molecule has 0 bridgehead atoms. The highest BCUT2D eigenvalue weighted by molar-refractivity contribution is 7.93. The molecule has 136 valence electrons. The molecule has 0 heterocycles. The lowest BCUT2D eigenvalue weighted by molar-refractivity contribution is -0.137. The van der Waals surface area contributed by atoms with E-state index in [2.05, 4.69) is 4.36 Å². The third-order valence-corrected chi connectivity index (χ3v) is 5.22. The zero-order valence-corrected chi connectivity index (χ0v) is 15.8. The molecule has 2 rings (SSSR count). The van der Waals surface area contributed by atoms with Gasteiger partial charge in [0.05, 0.1) is 16.3 Å². The van der Waals surface area contributed by atoms with Crippen molar-refractivity contribution in [2.75, 3.05) is 12.9 Å². The minimum atomic E-state index is -2.87. The molecule has 1 unspecified atom stereocenters. The number of hydrogen-bond acceptors (Lipinski definition) is 4. The first-order valence-electron chi connectivity index (χ1n) is 8.10. The molecule has 0 fully saturated rings. The highest BCUT2D eigenvalue weighted by Crippen LogP contribution is 2.18. The molecule has 0 saturated carbocycles. The summed E-state index contributed by atoms with van der Waals surface area (Å²) >= 11 is 0. The fourth-order valence-electron chi connectivity index (χ4n) is 2.28. The monoisotopic (exact) mass is 371 g/mol. The minimum Gasteiger partial charge on any atom is -0.463 e. The van der Waals surface area contributed by atoms with Crippen molar-refractivity contribution in [3.8, 4) is 0 Å². The molecule has 1 amide bonds. The van der Waals surface area contributed by atoms with Crippen LogP contribution in [-0.4, -0.2) is 28.9 Å². The lowest BCUT2D eigenvalue weighted by atomic mass is 10.0. The molecule has 0 aliphatic rings. The Morgan fingerprint density at radius 1 is 1.15 bits per heavy atom. The van der Waals surface area contributed by atoms with Gasteiger partial charge in [0.1, 0.15) is 0 Å². The molecule has 0 saturated heterocycles. The number of amides is 1. The number of rotatable bonds is 5. The topological polar surface area (TPSA) is 72.8 Å². The maximum atomic E-state index is 12.8. The van der Waals surface area contributed by atoms with E-state index in [-0.39, 0.29) is 12.2 Å². The first kappa shape index (κ1) is 19.6. The number of aryl methyl sites for hydroxylation is 1. The molecular weight excluding hydrogens is 350 g/mol. The third kappa shape index (κ3) is 5.13. The van der Waals surface area contributed by atoms with Crippen LogP contribution in [0.25, 0.3) is 6.08 Å². The minimum absolute atomic E-state index is 0.271. The van der Waals surface area contributed by atoms with Gasteiger partial charge in [0, 0.05) is 22.8 Å². The van der Waals surface area contributed by atoms with Crippen LogP contribution in [-0.2, 0) is 19.3 Å². The second-order valence-electron chi connectivity index (χ2n) is 5.69. The van der Waals surface area contributed by atoms with E-state index in [0.717, 1.165) is 5.56 Å². The van der Waals surface area contributed by atoms with E-state index in [1.54, 1.807) is 49.4 Å². The average molecular weight is 371 g/mol. The van der Waals surface area contributed by atoms with Crippen molar-refractivity contribution in [2.45, 2.75) is 18.7 Å². The van der Waals surface area contributed by atoms with E-state index in [4.69, 9.17) is 4.74 Å². The van der Waals surface area contributed by atoms with Gasteiger partial charge in [-0.15, -0.1) is 0 Å². The fraction of sp³-hybridized carbons (Fsp3) is 0.200. The smallest absolute Gasteiger partial charge is 0.330 e. The van der Waals surface area contributed by atoms with E-state index < -0.39 is 21.6 Å². The largest absolute Gasteiger partial charge is 0.463 e. The van der Waals surface area contributed by atoms with Crippen LogP contribution in [0.2, 0.25) is 0 Å². The molecule has 0 aliphatic carbocycles. The summed E-state index contributed by atoms with van der Waals surface area (Å²) in [4.78, 5) is 24.7. The first-order valence-corrected chi connectivity index (χ1v) is 10.0. The standard InChI is InChI=1S/C20H21NO4S/c1-4-25-19(22)13-12-16-11-10-15(2)14-18(16)20(23)21-26(3,24)17-8-6-5-7-9-17/h5-14H,4H2,1-3H3/b13-12+. The SMILES string of the molecule is CCOC(=O)/C=C/c1ccc(C)cc1C(=O)N=S(C)(=O)c1ccccc1. The van der Waals surface area contributed by atoms with Gasteiger partial charge >= 0.3 is 5.97 Å². The number of benzene rings is 2. The van der Waals surface area contributed by atoms with Gasteiger partial charge in [-0.3, -0.25) is 4.79 Å². The molecule has 0 N–H and O–H groups in total. The van der Waals surface area contributed by atoms with Crippen molar-refractivity contribution >= 4 is 27.7 Å². The molecule has 5 nitrogen and oxygen atoms in total. The Balaban J connectivity index is 2.43. The Labute approximate surface area is 153 Å². The summed E-state index contributed by atoms with van der Waals surface area (Å²) in [7, 11) is -2.87. The predicted molar refractivity (Wildman–Crippen MR) is 102 cm³/mol. The molecule has 1 atom stereocenters. The molecule has 26 heavy (non-hydrogen) atoms. The summed E-state index contributed by atoms with van der Waals surface area (Å²) in [6.45, 7) is 3.83. The van der Waals surface area contributed by atoms with Crippen molar-refractivity contribution in [3.05, 3.63) is 71.3 Å². The summed E-state index contributed by atoms with van der Waals surface area (Å²) < 4.78 is 21.6. The number of carbonyl (C=O) groups excluding carboxylic acids is 2. The van der Waals surface area contributed by atoms with Crippen LogP contribution in [0.15, 0.2) is 63.9 Å². The van der Waals surface area contributed by atoms with Gasteiger partial charge in [0.2, 0.25) is 0 Å². The summed E-state index contributed by atoms with van der Waals surface area (Å²) in [6, 6.07) is 13.9. The normalized spacial score (nSPS) is 13.2. The Morgan fingerprint density at radius 2 is 1.85 bits per heavy atom.